The zero-order chi connectivity index (χ0) is 34.7. The Morgan fingerprint density at radius 3 is 1.40 bits per heavy atom. The second-order valence-corrected chi connectivity index (χ2v) is 13.0. The van der Waals surface area contributed by atoms with Crippen LogP contribution in [0, 0.1) is 0 Å². The van der Waals surface area contributed by atoms with Crippen molar-refractivity contribution in [2.75, 3.05) is 9.80 Å². The first-order valence-corrected chi connectivity index (χ1v) is 17.8. The molecule has 2 nitrogen and oxygen atoms in total. The van der Waals surface area contributed by atoms with E-state index in [-0.39, 0.29) is 0 Å². The van der Waals surface area contributed by atoms with Crippen LogP contribution in [0.5, 0.6) is 0 Å². The van der Waals surface area contributed by atoms with Crippen molar-refractivity contribution in [1.82, 2.24) is 0 Å². The zero-order valence-electron chi connectivity index (χ0n) is 28.7. The van der Waals surface area contributed by atoms with Crippen LogP contribution in [-0.2, 0) is 0 Å². The van der Waals surface area contributed by atoms with E-state index in [0.717, 1.165) is 34.1 Å². The second kappa shape index (κ2) is 13.8. The largest absolute Gasteiger partial charge is 0.310 e. The molecule has 0 atom stereocenters. The smallest absolute Gasteiger partial charge is 0.0540 e. The highest BCUT2D eigenvalue weighted by molar-refractivity contribution is 6.02. The van der Waals surface area contributed by atoms with E-state index in [9.17, 15) is 0 Å². The fraction of sp³-hybridized carbons (Fsp3) is 0. The van der Waals surface area contributed by atoms with Gasteiger partial charge < -0.3 is 9.80 Å². The molecule has 9 aromatic rings. The van der Waals surface area contributed by atoms with Crippen LogP contribution in [0.3, 0.4) is 0 Å². The lowest BCUT2D eigenvalue weighted by Gasteiger charge is -2.29. The van der Waals surface area contributed by atoms with Crippen molar-refractivity contribution >= 4 is 55.7 Å². The molecule has 2 heteroatoms. The number of hydrogen-bond acceptors (Lipinski definition) is 2. The van der Waals surface area contributed by atoms with Crippen molar-refractivity contribution in [3.63, 3.8) is 0 Å². The molecule has 52 heavy (non-hydrogen) atoms. The number of fused-ring (bicyclic) bond motifs is 2. The third-order valence-corrected chi connectivity index (χ3v) is 9.83. The Labute approximate surface area is 305 Å². The standard InChI is InChI=1S/C50H36N2/c1-4-14-37(15-5-1)38-26-31-44(32-27-38)51(42-19-6-2-7-20-42)46-35-30-40-18-13-25-50(49(40)36-46)52(43-21-8-3-9-22-43)45-33-28-41(29-34-45)48-24-12-17-39-16-10-11-23-47(39)48/h1-36H. The van der Waals surface area contributed by atoms with E-state index in [1.807, 2.05) is 0 Å². The van der Waals surface area contributed by atoms with Gasteiger partial charge in [-0.15, -0.1) is 0 Å². The quantitative estimate of drug-likeness (QED) is 0.159. The Morgan fingerprint density at radius 1 is 0.250 bits per heavy atom. The normalized spacial score (nSPS) is 11.1. The molecule has 0 unspecified atom stereocenters. The third-order valence-electron chi connectivity index (χ3n) is 9.83. The monoisotopic (exact) mass is 664 g/mol. The first-order valence-electron chi connectivity index (χ1n) is 17.8. The van der Waals surface area contributed by atoms with Crippen molar-refractivity contribution in [1.29, 1.82) is 0 Å². The molecule has 0 aromatic heterocycles. The summed E-state index contributed by atoms with van der Waals surface area (Å²) >= 11 is 0. The van der Waals surface area contributed by atoms with Gasteiger partial charge >= 0.3 is 0 Å². The lowest BCUT2D eigenvalue weighted by molar-refractivity contribution is 1.28. The summed E-state index contributed by atoms with van der Waals surface area (Å²) in [6.07, 6.45) is 0. The Hall–Kier alpha value is -6.90. The van der Waals surface area contributed by atoms with Crippen molar-refractivity contribution < 1.29 is 0 Å². The zero-order valence-corrected chi connectivity index (χ0v) is 28.7. The summed E-state index contributed by atoms with van der Waals surface area (Å²) in [5.41, 5.74) is 11.5. The summed E-state index contributed by atoms with van der Waals surface area (Å²) in [6.45, 7) is 0. The molecule has 0 aliphatic heterocycles. The summed E-state index contributed by atoms with van der Waals surface area (Å²) in [4.78, 5) is 4.72. The minimum atomic E-state index is 1.10. The maximum atomic E-state index is 2.38. The molecule has 0 bridgehead atoms. The van der Waals surface area contributed by atoms with Crippen LogP contribution in [0.1, 0.15) is 0 Å². The summed E-state index contributed by atoms with van der Waals surface area (Å²) in [6, 6.07) is 78.3. The minimum absolute atomic E-state index is 1.10. The lowest BCUT2D eigenvalue weighted by Crippen LogP contribution is -2.12. The minimum Gasteiger partial charge on any atom is -0.310 e. The highest BCUT2D eigenvalue weighted by atomic mass is 15.2. The molecule has 0 spiro atoms. The van der Waals surface area contributed by atoms with Crippen LogP contribution < -0.4 is 9.80 Å². The molecule has 0 aliphatic rings. The number of hydrogen-bond donors (Lipinski definition) is 0. The summed E-state index contributed by atoms with van der Waals surface area (Å²) < 4.78 is 0. The van der Waals surface area contributed by atoms with Crippen molar-refractivity contribution in [3.05, 3.63) is 218 Å². The first-order chi connectivity index (χ1) is 25.8. The SMILES string of the molecule is c1ccc(-c2ccc(N(c3ccccc3)c3ccc4cccc(N(c5ccccc5)c5ccc(-c6cccc7ccccc67)cc5)c4c3)cc2)cc1. The number of benzene rings is 9. The third kappa shape index (κ3) is 5.97. The fourth-order valence-electron chi connectivity index (χ4n) is 7.31. The predicted molar refractivity (Wildman–Crippen MR) is 222 cm³/mol. The van der Waals surface area contributed by atoms with Crippen molar-refractivity contribution in [2.24, 2.45) is 0 Å². The van der Waals surface area contributed by atoms with E-state index in [2.05, 4.69) is 228 Å². The van der Waals surface area contributed by atoms with Crippen LogP contribution in [0.4, 0.5) is 34.1 Å². The topological polar surface area (TPSA) is 6.48 Å². The molecule has 0 N–H and O–H groups in total. The Balaban J connectivity index is 1.16. The van der Waals surface area contributed by atoms with Crippen molar-refractivity contribution in [3.8, 4) is 22.3 Å². The van der Waals surface area contributed by atoms with Gasteiger partial charge in [0.2, 0.25) is 0 Å². The van der Waals surface area contributed by atoms with E-state index in [1.54, 1.807) is 0 Å². The van der Waals surface area contributed by atoms with Gasteiger partial charge in [0.25, 0.3) is 0 Å². The van der Waals surface area contributed by atoms with Crippen LogP contribution in [0.25, 0.3) is 43.8 Å². The number of nitrogens with zero attached hydrogens (tertiary/aromatic N) is 2. The van der Waals surface area contributed by atoms with Crippen LogP contribution in [0.15, 0.2) is 218 Å². The van der Waals surface area contributed by atoms with Gasteiger partial charge in [-0.1, -0.05) is 152 Å². The summed E-state index contributed by atoms with van der Waals surface area (Å²) in [5, 5.41) is 4.86. The average Bonchev–Trinajstić information content (AvgIpc) is 3.23. The second-order valence-electron chi connectivity index (χ2n) is 13.0. The van der Waals surface area contributed by atoms with Gasteiger partial charge in [-0.25, -0.2) is 0 Å². The molecule has 0 saturated heterocycles. The van der Waals surface area contributed by atoms with Crippen LogP contribution in [0.2, 0.25) is 0 Å². The molecule has 0 aliphatic carbocycles. The molecule has 9 rings (SSSR count). The van der Waals surface area contributed by atoms with E-state index < -0.39 is 0 Å². The highest BCUT2D eigenvalue weighted by Crippen LogP contribution is 2.43. The van der Waals surface area contributed by atoms with E-state index >= 15 is 0 Å². The predicted octanol–water partition coefficient (Wildman–Crippen LogP) is 14.3. The maximum Gasteiger partial charge on any atom is 0.0540 e. The molecule has 9 aromatic carbocycles. The maximum absolute atomic E-state index is 2.38. The highest BCUT2D eigenvalue weighted by Gasteiger charge is 2.18. The van der Waals surface area contributed by atoms with Gasteiger partial charge in [-0.3, -0.25) is 0 Å². The van der Waals surface area contributed by atoms with Crippen LogP contribution in [-0.4, -0.2) is 0 Å². The Morgan fingerprint density at radius 2 is 0.712 bits per heavy atom. The first kappa shape index (κ1) is 31.1. The Bertz CT molecular complexity index is 2590. The summed E-state index contributed by atoms with van der Waals surface area (Å²) in [7, 11) is 0. The molecule has 0 fully saturated rings. The fourth-order valence-corrected chi connectivity index (χ4v) is 7.31. The van der Waals surface area contributed by atoms with Crippen molar-refractivity contribution in [2.45, 2.75) is 0 Å². The van der Waals surface area contributed by atoms with Gasteiger partial charge in [0.1, 0.15) is 0 Å². The van der Waals surface area contributed by atoms with E-state index in [1.165, 1.54) is 43.8 Å². The van der Waals surface area contributed by atoms with Gasteiger partial charge in [-0.05, 0) is 105 Å². The molecular formula is C50H36N2. The van der Waals surface area contributed by atoms with Gasteiger partial charge in [-0.2, -0.15) is 0 Å². The molecule has 0 amide bonds. The summed E-state index contributed by atoms with van der Waals surface area (Å²) in [5.74, 6) is 0. The van der Waals surface area contributed by atoms with Gasteiger partial charge in [0, 0.05) is 33.8 Å². The van der Waals surface area contributed by atoms with Gasteiger partial charge in [0.05, 0.1) is 5.69 Å². The number of para-hydroxylation sites is 2. The van der Waals surface area contributed by atoms with Crippen LogP contribution >= 0.6 is 0 Å². The molecular weight excluding hydrogens is 629 g/mol. The molecule has 0 saturated carbocycles. The van der Waals surface area contributed by atoms with E-state index in [4.69, 9.17) is 0 Å². The molecule has 0 heterocycles. The lowest BCUT2D eigenvalue weighted by atomic mass is 9.98. The van der Waals surface area contributed by atoms with E-state index in [0.29, 0.717) is 0 Å². The van der Waals surface area contributed by atoms with Gasteiger partial charge in [0.15, 0.2) is 0 Å². The Kier molecular flexibility index (Phi) is 8.24. The molecule has 246 valence electrons. The number of rotatable bonds is 8. The molecule has 0 radical (unpaired) electrons. The number of anilines is 6. The average molecular weight is 665 g/mol.